The van der Waals surface area contributed by atoms with Gasteiger partial charge in [-0.3, -0.25) is 9.78 Å². The van der Waals surface area contributed by atoms with Crippen LogP contribution in [0.25, 0.3) is 0 Å². The Morgan fingerprint density at radius 1 is 1.30 bits per heavy atom. The number of methoxy groups -OCH3 is 1. The molecular formula is C20H26N4O5S. The summed E-state index contributed by atoms with van der Waals surface area (Å²) in [7, 11) is -2.21. The number of benzene rings is 1. The van der Waals surface area contributed by atoms with Crippen molar-refractivity contribution in [2.45, 2.75) is 44.1 Å². The largest absolute Gasteiger partial charge is 0.480 e. The minimum atomic E-state index is -3.70. The Kier molecular flexibility index (Phi) is 6.88. The first-order valence-electron chi connectivity index (χ1n) is 9.76. The van der Waals surface area contributed by atoms with Crippen molar-refractivity contribution in [3.05, 3.63) is 36.2 Å². The molecule has 1 unspecified atom stereocenters. The van der Waals surface area contributed by atoms with Crippen molar-refractivity contribution in [3.63, 3.8) is 0 Å². The molecule has 1 amide bonds. The average Bonchev–Trinajstić information content (AvgIpc) is 2.74. The molecule has 1 saturated heterocycles. The lowest BCUT2D eigenvalue weighted by Crippen LogP contribution is -2.44. The molecule has 1 N–H and O–H groups in total. The maximum Gasteiger partial charge on any atom is 0.243 e. The van der Waals surface area contributed by atoms with E-state index in [1.165, 1.54) is 29.9 Å². The molecule has 1 aliphatic heterocycles. The van der Waals surface area contributed by atoms with Crippen molar-refractivity contribution in [1.29, 1.82) is 0 Å². The number of aryl methyl sites for hydroxylation is 1. The summed E-state index contributed by atoms with van der Waals surface area (Å²) in [5, 5.41) is 2.74. The zero-order valence-electron chi connectivity index (χ0n) is 17.3. The van der Waals surface area contributed by atoms with Gasteiger partial charge in [0.25, 0.3) is 0 Å². The van der Waals surface area contributed by atoms with Crippen LogP contribution in [-0.2, 0) is 14.8 Å². The lowest BCUT2D eigenvalue weighted by atomic mass is 10.1. The van der Waals surface area contributed by atoms with E-state index in [-0.39, 0.29) is 23.5 Å². The molecule has 1 aromatic carbocycles. The number of nitrogens with one attached hydrogen (secondary N) is 1. The van der Waals surface area contributed by atoms with Crippen molar-refractivity contribution < 1.29 is 22.7 Å². The van der Waals surface area contributed by atoms with E-state index in [0.29, 0.717) is 48.8 Å². The van der Waals surface area contributed by atoms with Gasteiger partial charge < -0.3 is 14.8 Å². The second kappa shape index (κ2) is 9.40. The lowest BCUT2D eigenvalue weighted by molar-refractivity contribution is -0.115. The van der Waals surface area contributed by atoms with Crippen molar-refractivity contribution in [1.82, 2.24) is 14.3 Å². The summed E-state index contributed by atoms with van der Waals surface area (Å²) in [5.41, 5.74) is 1.15. The fourth-order valence-corrected chi connectivity index (χ4v) is 5.00. The molecule has 0 spiro atoms. The number of ether oxygens (including phenoxy) is 2. The van der Waals surface area contributed by atoms with Gasteiger partial charge in [0.15, 0.2) is 0 Å². The van der Waals surface area contributed by atoms with Gasteiger partial charge in [0, 0.05) is 18.7 Å². The molecule has 3 rings (SSSR count). The molecule has 0 radical (unpaired) electrons. The highest BCUT2D eigenvalue weighted by atomic mass is 32.2. The quantitative estimate of drug-likeness (QED) is 0.712. The fraction of sp³-hybridized carbons (Fsp3) is 0.450. The molecule has 2 aromatic rings. The van der Waals surface area contributed by atoms with Gasteiger partial charge in [-0.2, -0.15) is 9.29 Å². The van der Waals surface area contributed by atoms with Crippen LogP contribution in [0.1, 0.15) is 31.7 Å². The second-order valence-corrected chi connectivity index (χ2v) is 8.93. The average molecular weight is 435 g/mol. The van der Waals surface area contributed by atoms with Gasteiger partial charge in [0.2, 0.25) is 27.7 Å². The number of piperidine rings is 1. The van der Waals surface area contributed by atoms with Crippen molar-refractivity contribution >= 4 is 21.6 Å². The molecule has 0 aliphatic carbocycles. The van der Waals surface area contributed by atoms with Gasteiger partial charge in [-0.15, -0.1) is 0 Å². The first-order chi connectivity index (χ1) is 14.3. The predicted molar refractivity (Wildman–Crippen MR) is 111 cm³/mol. The van der Waals surface area contributed by atoms with E-state index in [9.17, 15) is 13.2 Å². The molecule has 0 saturated carbocycles. The van der Waals surface area contributed by atoms with E-state index in [2.05, 4.69) is 15.3 Å². The van der Waals surface area contributed by atoms with Crippen LogP contribution in [0.5, 0.6) is 11.8 Å². The summed E-state index contributed by atoms with van der Waals surface area (Å²) in [6.45, 7) is 4.11. The van der Waals surface area contributed by atoms with Gasteiger partial charge in [-0.1, -0.05) is 6.92 Å². The van der Waals surface area contributed by atoms with Gasteiger partial charge in [0.05, 0.1) is 30.9 Å². The highest BCUT2D eigenvalue weighted by Crippen LogP contribution is 2.27. The van der Waals surface area contributed by atoms with E-state index in [0.717, 1.165) is 0 Å². The topological polar surface area (TPSA) is 111 Å². The van der Waals surface area contributed by atoms with E-state index < -0.39 is 10.0 Å². The van der Waals surface area contributed by atoms with Crippen LogP contribution < -0.4 is 14.8 Å². The second-order valence-electron chi connectivity index (χ2n) is 7.03. The zero-order valence-corrected chi connectivity index (χ0v) is 18.1. The van der Waals surface area contributed by atoms with E-state index in [1.807, 2.05) is 0 Å². The van der Waals surface area contributed by atoms with Gasteiger partial charge in [0.1, 0.15) is 6.10 Å². The van der Waals surface area contributed by atoms with Crippen LogP contribution in [0.3, 0.4) is 0 Å². The first-order valence-corrected chi connectivity index (χ1v) is 11.2. The summed E-state index contributed by atoms with van der Waals surface area (Å²) in [4.78, 5) is 20.0. The summed E-state index contributed by atoms with van der Waals surface area (Å²) < 4.78 is 38.8. The molecule has 10 heteroatoms. The van der Waals surface area contributed by atoms with Crippen LogP contribution in [-0.4, -0.2) is 54.9 Å². The third-order valence-corrected chi connectivity index (χ3v) is 6.85. The van der Waals surface area contributed by atoms with Crippen LogP contribution >= 0.6 is 0 Å². The monoisotopic (exact) mass is 434 g/mol. The molecule has 1 aromatic heterocycles. The maximum absolute atomic E-state index is 13.2. The number of hydrogen-bond acceptors (Lipinski definition) is 7. The zero-order chi connectivity index (χ0) is 21.7. The van der Waals surface area contributed by atoms with E-state index in [4.69, 9.17) is 9.47 Å². The third-order valence-electron chi connectivity index (χ3n) is 4.83. The number of aromatic nitrogens is 2. The Labute approximate surface area is 176 Å². The van der Waals surface area contributed by atoms with Crippen molar-refractivity contribution in [2.24, 2.45) is 0 Å². The number of amides is 1. The number of rotatable bonds is 7. The number of hydrogen-bond donors (Lipinski definition) is 1. The van der Waals surface area contributed by atoms with Gasteiger partial charge in [-0.25, -0.2) is 8.42 Å². The Balaban J connectivity index is 1.74. The highest BCUT2D eigenvalue weighted by Gasteiger charge is 2.32. The van der Waals surface area contributed by atoms with Gasteiger partial charge >= 0.3 is 0 Å². The lowest BCUT2D eigenvalue weighted by Gasteiger charge is -2.32. The molecule has 30 heavy (non-hydrogen) atoms. The minimum absolute atomic E-state index is 0.123. The van der Waals surface area contributed by atoms with Gasteiger partial charge in [-0.05, 0) is 43.5 Å². The summed E-state index contributed by atoms with van der Waals surface area (Å²) in [5.74, 6) is 0.506. The smallest absolute Gasteiger partial charge is 0.243 e. The van der Waals surface area contributed by atoms with Crippen LogP contribution in [0.4, 0.5) is 5.69 Å². The van der Waals surface area contributed by atoms with E-state index in [1.54, 1.807) is 26.0 Å². The third kappa shape index (κ3) is 5.06. The number of anilines is 1. The minimum Gasteiger partial charge on any atom is -0.480 e. The number of carbonyl (C=O) groups is 1. The Morgan fingerprint density at radius 2 is 2.07 bits per heavy atom. The molecule has 1 aliphatic rings. The molecule has 162 valence electrons. The highest BCUT2D eigenvalue weighted by molar-refractivity contribution is 7.89. The van der Waals surface area contributed by atoms with Crippen LogP contribution in [0.2, 0.25) is 0 Å². The first kappa shape index (κ1) is 22.0. The molecule has 9 nitrogen and oxygen atoms in total. The summed E-state index contributed by atoms with van der Waals surface area (Å²) in [6.07, 6.45) is 4.35. The number of nitrogens with zero attached hydrogens (tertiary/aromatic N) is 3. The molecule has 1 fully saturated rings. The van der Waals surface area contributed by atoms with Crippen LogP contribution in [0, 0.1) is 6.92 Å². The molecule has 0 bridgehead atoms. The Morgan fingerprint density at radius 3 is 2.77 bits per heavy atom. The predicted octanol–water partition coefficient (Wildman–Crippen LogP) is 2.37. The van der Waals surface area contributed by atoms with Crippen LogP contribution in [0.15, 0.2) is 35.5 Å². The Hall–Kier alpha value is -2.72. The summed E-state index contributed by atoms with van der Waals surface area (Å²) >= 11 is 0. The normalized spacial score (nSPS) is 17.4. The molecular weight excluding hydrogens is 408 g/mol. The molecule has 1 atom stereocenters. The number of carbonyl (C=O) groups excluding carboxylic acids is 1. The van der Waals surface area contributed by atoms with E-state index >= 15 is 0 Å². The maximum atomic E-state index is 13.2. The summed E-state index contributed by atoms with van der Waals surface area (Å²) in [6, 6.07) is 4.81. The fourth-order valence-electron chi connectivity index (χ4n) is 3.28. The Bertz CT molecular complexity index is 1010. The SMILES string of the molecule is CCC(=O)Nc1ccc(S(=O)(=O)N2CCCC(Oc3cncc(OC)n3)C2)c(C)c1. The number of sulfonamides is 1. The van der Waals surface area contributed by atoms with Crippen molar-refractivity contribution in [2.75, 3.05) is 25.5 Å². The van der Waals surface area contributed by atoms with Crippen molar-refractivity contribution in [3.8, 4) is 11.8 Å². The standard InChI is InChI=1S/C20H26N4O5S/c1-4-18(25)22-15-7-8-17(14(2)10-15)30(26,27)24-9-5-6-16(13-24)29-20-12-21-11-19(23-20)28-3/h7-8,10-12,16H,4-6,9,13H2,1-3H3,(H,22,25). The molecule has 2 heterocycles.